The molecule has 27 nitrogen and oxygen atoms in total. The molecule has 9 amide bonds. The first kappa shape index (κ1) is 65.8. The molecule has 1 fully saturated rings. The number of hydrogen-bond acceptors (Lipinski definition) is 17. The summed E-state index contributed by atoms with van der Waals surface area (Å²) in [7, 11) is 0. The molecule has 0 aliphatic carbocycles. The summed E-state index contributed by atoms with van der Waals surface area (Å²) >= 11 is 0. The molecule has 0 saturated carbocycles. The Morgan fingerprint density at radius 2 is 0.949 bits per heavy atom. The minimum atomic E-state index is -1.76. The van der Waals surface area contributed by atoms with Gasteiger partial charge >= 0.3 is 5.97 Å². The number of hydrogen-bond donors (Lipinski definition) is 16. The summed E-state index contributed by atoms with van der Waals surface area (Å²) in [5.74, 6) is -9.39. The first-order chi connectivity index (χ1) is 37.5. The maximum atomic E-state index is 14.5. The van der Waals surface area contributed by atoms with Crippen molar-refractivity contribution in [2.24, 2.45) is 23.1 Å². The number of rotatable bonds is 34. The van der Waals surface area contributed by atoms with Gasteiger partial charge in [-0.3, -0.25) is 43.2 Å². The zero-order valence-corrected chi connectivity index (χ0v) is 44.9. The van der Waals surface area contributed by atoms with Crippen molar-refractivity contribution in [1.29, 1.82) is 0 Å². The first-order valence-electron chi connectivity index (χ1n) is 26.4. The lowest BCUT2D eigenvalue weighted by molar-refractivity contribution is -0.143. The van der Waals surface area contributed by atoms with Crippen LogP contribution in [0.4, 0.5) is 0 Å². The van der Waals surface area contributed by atoms with E-state index in [0.717, 1.165) is 0 Å². The number of carbonyl (C=O) groups is 10. The van der Waals surface area contributed by atoms with Gasteiger partial charge in [-0.2, -0.15) is 0 Å². The lowest BCUT2D eigenvalue weighted by atomic mass is 10.0. The van der Waals surface area contributed by atoms with Gasteiger partial charge in [0, 0.05) is 19.4 Å². The second-order valence-electron chi connectivity index (χ2n) is 19.8. The maximum Gasteiger partial charge on any atom is 0.328 e. The maximum absolute atomic E-state index is 14.5. The van der Waals surface area contributed by atoms with Crippen LogP contribution in [-0.2, 0) is 60.8 Å². The Hall–Kier alpha value is -7.46. The lowest BCUT2D eigenvalue weighted by Crippen LogP contribution is -2.61. The van der Waals surface area contributed by atoms with E-state index in [4.69, 9.17) is 17.2 Å². The van der Waals surface area contributed by atoms with Gasteiger partial charge < -0.3 is 90.2 Å². The van der Waals surface area contributed by atoms with Gasteiger partial charge in [0.2, 0.25) is 53.2 Å². The number of unbranched alkanes of at least 4 members (excludes halogenated alkanes) is 2. The fourth-order valence-electron chi connectivity index (χ4n) is 8.58. The number of nitrogens with one attached hydrogen (secondary N) is 8. The van der Waals surface area contributed by atoms with Crippen LogP contribution in [0.25, 0.3) is 0 Å². The number of aromatic hydroxyl groups is 2. The number of benzene rings is 2. The third-order valence-electron chi connectivity index (χ3n) is 12.9. The number of carboxylic acids is 1. The van der Waals surface area contributed by atoms with Crippen molar-refractivity contribution in [2.45, 2.75) is 146 Å². The number of aliphatic hydroxyl groups excluding tert-OH is 2. The third-order valence-corrected chi connectivity index (χ3v) is 12.9. The SMILES string of the molecule is CC(C)C[C@H](NC(=O)[C@H](CO)NC(=O)[C@H](Cc1ccc(O)cc1)NC(=O)[C@H](Cc1ccc(O)cc1)NC(=O)[C@@H]1CCCN1C(=O)[C@H](C)NC(=O)CN)C(=O)N[C@@H](CCCCN)C(=O)N[C@@H](CCCCN)C(=O)N[C@@H](CO)C(=O)O. The lowest BCUT2D eigenvalue weighted by Gasteiger charge is -2.29. The summed E-state index contributed by atoms with van der Waals surface area (Å²) in [5, 5.41) is 69.6. The predicted molar refractivity (Wildman–Crippen MR) is 286 cm³/mol. The van der Waals surface area contributed by atoms with Gasteiger partial charge in [-0.15, -0.1) is 0 Å². The van der Waals surface area contributed by atoms with Crippen LogP contribution < -0.4 is 59.7 Å². The Morgan fingerprint density at radius 3 is 1.39 bits per heavy atom. The number of likely N-dealkylation sites (tertiary alicyclic amines) is 1. The van der Waals surface area contributed by atoms with Crippen molar-refractivity contribution in [3.8, 4) is 11.5 Å². The minimum absolute atomic E-state index is 0.0140. The van der Waals surface area contributed by atoms with Crippen LogP contribution in [0.2, 0.25) is 0 Å². The van der Waals surface area contributed by atoms with Crippen LogP contribution >= 0.6 is 0 Å². The summed E-state index contributed by atoms with van der Waals surface area (Å²) < 4.78 is 0. The highest BCUT2D eigenvalue weighted by Crippen LogP contribution is 2.20. The van der Waals surface area contributed by atoms with Crippen LogP contribution in [0.3, 0.4) is 0 Å². The molecule has 27 heteroatoms. The molecule has 0 radical (unpaired) electrons. The number of aliphatic carboxylic acids is 1. The highest BCUT2D eigenvalue weighted by molar-refractivity contribution is 5.98. The van der Waals surface area contributed by atoms with Crippen LogP contribution in [0.5, 0.6) is 11.5 Å². The summed E-state index contributed by atoms with van der Waals surface area (Å²) in [6.45, 7) is 3.28. The van der Waals surface area contributed by atoms with Gasteiger partial charge in [-0.05, 0) is 119 Å². The molecule has 1 aliphatic rings. The molecule has 79 heavy (non-hydrogen) atoms. The van der Waals surface area contributed by atoms with Crippen LogP contribution in [0.15, 0.2) is 48.5 Å². The van der Waals surface area contributed by atoms with E-state index in [2.05, 4.69) is 42.5 Å². The first-order valence-corrected chi connectivity index (χ1v) is 26.4. The second kappa shape index (κ2) is 33.7. The monoisotopic (exact) mass is 1110 g/mol. The molecular formula is C52H80N12O15. The van der Waals surface area contributed by atoms with Gasteiger partial charge in [0.1, 0.15) is 65.9 Å². The van der Waals surface area contributed by atoms with Gasteiger partial charge in [-0.25, -0.2) is 4.79 Å². The van der Waals surface area contributed by atoms with Crippen molar-refractivity contribution < 1.29 is 73.5 Å². The molecule has 0 spiro atoms. The number of carbonyl (C=O) groups excluding carboxylic acids is 9. The molecule has 19 N–H and O–H groups in total. The average Bonchev–Trinajstić information content (AvgIpc) is 3.92. The van der Waals surface area contributed by atoms with Crippen molar-refractivity contribution in [3.63, 3.8) is 0 Å². The van der Waals surface area contributed by atoms with Crippen LogP contribution in [0, 0.1) is 5.92 Å². The molecule has 1 saturated heterocycles. The van der Waals surface area contributed by atoms with E-state index in [9.17, 15) is 73.5 Å². The molecule has 9 atom stereocenters. The van der Waals surface area contributed by atoms with Gasteiger partial charge in [0.15, 0.2) is 0 Å². The third kappa shape index (κ3) is 22.1. The van der Waals surface area contributed by atoms with E-state index in [1.165, 1.54) is 60.4 Å². The number of phenols is 2. The average molecular weight is 1110 g/mol. The van der Waals surface area contributed by atoms with E-state index in [-0.39, 0.29) is 82.1 Å². The van der Waals surface area contributed by atoms with E-state index in [0.29, 0.717) is 43.2 Å². The summed E-state index contributed by atoms with van der Waals surface area (Å²) in [4.78, 5) is 136. The van der Waals surface area contributed by atoms with Crippen molar-refractivity contribution in [2.75, 3.05) is 39.4 Å². The molecule has 3 rings (SSSR count). The molecule has 0 bridgehead atoms. The smallest absolute Gasteiger partial charge is 0.328 e. The quantitative estimate of drug-likeness (QED) is 0.0298. The number of aliphatic hydroxyl groups is 2. The van der Waals surface area contributed by atoms with Crippen molar-refractivity contribution >= 4 is 59.1 Å². The van der Waals surface area contributed by atoms with Crippen LogP contribution in [-0.4, -0.2) is 183 Å². The number of phenolic OH excluding ortho intramolecular Hbond substituents is 2. The summed E-state index contributed by atoms with van der Waals surface area (Å²) in [6, 6.07) is -1.14. The topological polar surface area (TPSA) is 449 Å². The normalized spacial score (nSPS) is 16.1. The fraction of sp³-hybridized carbons (Fsp3) is 0.577. The van der Waals surface area contributed by atoms with E-state index >= 15 is 0 Å². The van der Waals surface area contributed by atoms with E-state index in [1.807, 2.05) is 0 Å². The molecule has 438 valence electrons. The Morgan fingerprint density at radius 1 is 0.544 bits per heavy atom. The Labute approximate surface area is 458 Å². The van der Waals surface area contributed by atoms with E-state index < -0.39 is 127 Å². The van der Waals surface area contributed by atoms with Crippen molar-refractivity contribution in [1.82, 2.24) is 47.4 Å². The number of nitrogens with two attached hydrogens (primary N) is 3. The standard InChI is InChI=1S/C52H80N12O15/c1-29(2)23-37(46(72)58-35(9-4-6-20-53)44(70)57-36(10-5-7-21-54)45(71)63-41(28-66)52(78)79)59-49(75)40(27-65)62-48(74)38(24-31-12-16-33(67)17-13-31)60-47(73)39(25-32-14-18-34(68)19-15-32)61-50(76)42-11-8-22-64(42)51(77)30(3)56-43(69)26-55/h12-19,29-30,35-42,65-68H,4-11,20-28,53-55H2,1-3H3,(H,56,69)(H,57,70)(H,58,72)(H,59,75)(H,60,73)(H,61,76)(H,62,74)(H,63,71)(H,78,79)/t30-,35-,36-,37-,38-,39-,40-,41-,42-/m0/s1. The van der Waals surface area contributed by atoms with Gasteiger partial charge in [0.25, 0.3) is 0 Å². The Bertz CT molecular complexity index is 2360. The van der Waals surface area contributed by atoms with Gasteiger partial charge in [-0.1, -0.05) is 38.1 Å². The number of nitrogens with zero attached hydrogens (tertiary/aromatic N) is 1. The Kier molecular flexibility index (Phi) is 28.1. The predicted octanol–water partition coefficient (Wildman–Crippen LogP) is -3.90. The zero-order chi connectivity index (χ0) is 58.8. The van der Waals surface area contributed by atoms with Gasteiger partial charge in [0.05, 0.1) is 19.8 Å². The fourth-order valence-corrected chi connectivity index (χ4v) is 8.58. The molecule has 0 unspecified atom stereocenters. The molecular weight excluding hydrogens is 1030 g/mol. The molecule has 0 aromatic heterocycles. The second-order valence-corrected chi connectivity index (χ2v) is 19.8. The van der Waals surface area contributed by atoms with E-state index in [1.54, 1.807) is 13.8 Å². The Balaban J connectivity index is 1.91. The summed E-state index contributed by atoms with van der Waals surface area (Å²) in [5.41, 5.74) is 17.6. The van der Waals surface area contributed by atoms with Crippen molar-refractivity contribution in [3.05, 3.63) is 59.7 Å². The molecule has 1 heterocycles. The summed E-state index contributed by atoms with van der Waals surface area (Å²) in [6.07, 6.45) is 1.75. The number of carboxylic acid groups (broad SMARTS) is 1. The minimum Gasteiger partial charge on any atom is -0.508 e. The molecule has 2 aromatic carbocycles. The highest BCUT2D eigenvalue weighted by Gasteiger charge is 2.39. The highest BCUT2D eigenvalue weighted by atomic mass is 16.4. The number of amides is 9. The molecule has 2 aromatic rings. The largest absolute Gasteiger partial charge is 0.508 e. The zero-order valence-electron chi connectivity index (χ0n) is 44.9. The molecule has 1 aliphatic heterocycles. The van der Waals surface area contributed by atoms with Crippen LogP contribution in [0.1, 0.15) is 89.7 Å².